The Hall–Kier alpha value is -2.56. The predicted octanol–water partition coefficient (Wildman–Crippen LogP) is 4.76. The highest BCUT2D eigenvalue weighted by molar-refractivity contribution is 5.52. The number of azo groups is 1. The van der Waals surface area contributed by atoms with Gasteiger partial charge >= 0.3 is 0 Å². The average molecular weight is 282 g/mol. The van der Waals surface area contributed by atoms with Crippen molar-refractivity contribution < 1.29 is 4.39 Å². The van der Waals surface area contributed by atoms with E-state index in [4.69, 9.17) is 0 Å². The third-order valence-corrected chi connectivity index (χ3v) is 3.35. The number of imidazole rings is 1. The quantitative estimate of drug-likeness (QED) is 0.638. The molecule has 3 rings (SSSR count). The number of hydrogen-bond donors (Lipinski definition) is 0. The van der Waals surface area contributed by atoms with Gasteiger partial charge in [0.15, 0.2) is 5.82 Å². The summed E-state index contributed by atoms with van der Waals surface area (Å²) in [4.78, 5) is 4.35. The fraction of sp³-hybridized carbons (Fsp3) is 0.188. The van der Waals surface area contributed by atoms with E-state index < -0.39 is 0 Å². The Morgan fingerprint density at radius 3 is 2.76 bits per heavy atom. The summed E-state index contributed by atoms with van der Waals surface area (Å²) in [5.74, 6) is 0.223. The maximum atomic E-state index is 13.4. The Bertz CT molecular complexity index is 820. The molecular weight excluding hydrogens is 267 g/mol. The number of aromatic nitrogens is 2. The summed E-state index contributed by atoms with van der Waals surface area (Å²) in [6, 6.07) is 10.9. The van der Waals surface area contributed by atoms with Crippen molar-refractivity contribution in [1.82, 2.24) is 9.38 Å². The molecule has 2 aromatic heterocycles. The molecule has 2 heterocycles. The summed E-state index contributed by atoms with van der Waals surface area (Å²) >= 11 is 0. The maximum Gasteiger partial charge on any atom is 0.182 e. The molecular formula is C16H15FN4. The number of nitrogens with zero attached hydrogens (tertiary/aromatic N) is 4. The van der Waals surface area contributed by atoms with Crippen LogP contribution >= 0.6 is 0 Å². The fourth-order valence-electron chi connectivity index (χ4n) is 2.25. The first-order chi connectivity index (χ1) is 10.2. The van der Waals surface area contributed by atoms with Gasteiger partial charge in [0, 0.05) is 6.20 Å². The van der Waals surface area contributed by atoms with Gasteiger partial charge in [-0.1, -0.05) is 25.1 Å². The number of rotatable bonds is 3. The molecule has 0 fully saturated rings. The minimum Gasteiger partial charge on any atom is -0.280 e. The zero-order valence-corrected chi connectivity index (χ0v) is 11.9. The number of benzene rings is 1. The van der Waals surface area contributed by atoms with E-state index in [-0.39, 0.29) is 5.82 Å². The molecule has 0 aliphatic carbocycles. The lowest BCUT2D eigenvalue weighted by Crippen LogP contribution is -1.85. The topological polar surface area (TPSA) is 42.0 Å². The van der Waals surface area contributed by atoms with Gasteiger partial charge in [0.2, 0.25) is 0 Å². The molecule has 0 unspecified atom stereocenters. The minimum absolute atomic E-state index is 0.328. The Morgan fingerprint density at radius 1 is 1.14 bits per heavy atom. The van der Waals surface area contributed by atoms with Gasteiger partial charge < -0.3 is 0 Å². The van der Waals surface area contributed by atoms with Crippen LogP contribution in [0.5, 0.6) is 0 Å². The van der Waals surface area contributed by atoms with E-state index in [1.54, 1.807) is 10.5 Å². The number of hydrogen-bond acceptors (Lipinski definition) is 3. The van der Waals surface area contributed by atoms with Crippen LogP contribution in [0.25, 0.3) is 5.65 Å². The second kappa shape index (κ2) is 5.44. The molecule has 1 aromatic carbocycles. The van der Waals surface area contributed by atoms with Gasteiger partial charge in [-0.15, -0.1) is 10.2 Å². The van der Waals surface area contributed by atoms with E-state index in [1.807, 2.05) is 31.2 Å². The molecule has 3 aromatic rings. The molecule has 0 bridgehead atoms. The van der Waals surface area contributed by atoms with Crippen molar-refractivity contribution in [3.8, 4) is 0 Å². The third-order valence-electron chi connectivity index (χ3n) is 3.35. The van der Waals surface area contributed by atoms with E-state index >= 15 is 0 Å². The summed E-state index contributed by atoms with van der Waals surface area (Å²) in [5.41, 5.74) is 3.33. The molecule has 0 N–H and O–H groups in total. The Balaban J connectivity index is 2.07. The molecule has 5 heteroatoms. The van der Waals surface area contributed by atoms with E-state index in [2.05, 4.69) is 22.1 Å². The first-order valence-corrected chi connectivity index (χ1v) is 6.83. The fourth-order valence-corrected chi connectivity index (χ4v) is 2.25. The van der Waals surface area contributed by atoms with E-state index in [9.17, 15) is 4.39 Å². The van der Waals surface area contributed by atoms with Crippen LogP contribution in [0.1, 0.15) is 18.2 Å². The smallest absolute Gasteiger partial charge is 0.182 e. The van der Waals surface area contributed by atoms with Gasteiger partial charge in [-0.2, -0.15) is 0 Å². The predicted molar refractivity (Wildman–Crippen MR) is 79.9 cm³/mol. The zero-order chi connectivity index (χ0) is 14.8. The molecule has 21 heavy (non-hydrogen) atoms. The third kappa shape index (κ3) is 2.54. The van der Waals surface area contributed by atoms with E-state index in [0.29, 0.717) is 11.5 Å². The van der Waals surface area contributed by atoms with Crippen LogP contribution in [0.2, 0.25) is 0 Å². The van der Waals surface area contributed by atoms with Crippen molar-refractivity contribution in [1.29, 1.82) is 0 Å². The van der Waals surface area contributed by atoms with Crippen molar-refractivity contribution >= 4 is 17.2 Å². The highest BCUT2D eigenvalue weighted by atomic mass is 19.1. The summed E-state index contributed by atoms with van der Waals surface area (Å²) in [6.45, 7) is 3.91. The van der Waals surface area contributed by atoms with Gasteiger partial charge in [-0.25, -0.2) is 9.37 Å². The summed E-state index contributed by atoms with van der Waals surface area (Å²) in [7, 11) is 0. The molecule has 0 atom stereocenters. The van der Waals surface area contributed by atoms with Crippen LogP contribution in [-0.2, 0) is 6.42 Å². The number of fused-ring (bicyclic) bond motifs is 1. The monoisotopic (exact) mass is 282 g/mol. The largest absolute Gasteiger partial charge is 0.280 e. The average Bonchev–Trinajstić information content (AvgIpc) is 2.80. The van der Waals surface area contributed by atoms with Crippen LogP contribution in [-0.4, -0.2) is 9.38 Å². The standard InChI is InChI=1S/C16H15FN4/c1-3-12-6-4-5-7-14(12)19-20-16-11(2)18-15-9-8-13(17)10-21(15)16/h4-10H,3H2,1-2H3. The molecule has 0 aliphatic rings. The van der Waals surface area contributed by atoms with Crippen LogP contribution in [0.4, 0.5) is 15.9 Å². The van der Waals surface area contributed by atoms with E-state index in [1.165, 1.54) is 12.3 Å². The van der Waals surface area contributed by atoms with Gasteiger partial charge in [-0.3, -0.25) is 4.40 Å². The molecule has 0 saturated heterocycles. The van der Waals surface area contributed by atoms with Crippen molar-refractivity contribution in [3.63, 3.8) is 0 Å². The van der Waals surface area contributed by atoms with Gasteiger partial charge in [0.05, 0.1) is 11.4 Å². The molecule has 0 aliphatic heterocycles. The normalized spacial score (nSPS) is 11.6. The Morgan fingerprint density at radius 2 is 1.95 bits per heavy atom. The maximum absolute atomic E-state index is 13.4. The molecule has 0 spiro atoms. The molecule has 4 nitrogen and oxygen atoms in total. The Labute approximate surface area is 122 Å². The van der Waals surface area contributed by atoms with Crippen molar-refractivity contribution in [3.05, 3.63) is 59.7 Å². The Kier molecular flexibility index (Phi) is 3.48. The van der Waals surface area contributed by atoms with Crippen molar-refractivity contribution in [2.75, 3.05) is 0 Å². The number of halogens is 1. The van der Waals surface area contributed by atoms with Crippen LogP contribution in [0, 0.1) is 12.7 Å². The van der Waals surface area contributed by atoms with Crippen LogP contribution < -0.4 is 0 Å². The van der Waals surface area contributed by atoms with Crippen LogP contribution in [0.3, 0.4) is 0 Å². The number of aryl methyl sites for hydroxylation is 2. The summed E-state index contributed by atoms with van der Waals surface area (Å²) in [5, 5.41) is 8.57. The SMILES string of the molecule is CCc1ccccc1N=Nc1c(C)nc2ccc(F)cn12. The highest BCUT2D eigenvalue weighted by Crippen LogP contribution is 2.25. The zero-order valence-electron chi connectivity index (χ0n) is 11.9. The first kappa shape index (κ1) is 13.4. The summed E-state index contributed by atoms with van der Waals surface area (Å²) in [6.07, 6.45) is 2.26. The lowest BCUT2D eigenvalue weighted by Gasteiger charge is -2.01. The molecule has 0 saturated carbocycles. The first-order valence-electron chi connectivity index (χ1n) is 6.83. The lowest BCUT2D eigenvalue weighted by molar-refractivity contribution is 0.619. The van der Waals surface area contributed by atoms with Crippen molar-refractivity contribution in [2.24, 2.45) is 10.2 Å². The van der Waals surface area contributed by atoms with Gasteiger partial charge in [0.1, 0.15) is 11.5 Å². The second-order valence-electron chi connectivity index (χ2n) is 4.78. The van der Waals surface area contributed by atoms with Gasteiger partial charge in [0.25, 0.3) is 0 Å². The second-order valence-corrected chi connectivity index (χ2v) is 4.78. The van der Waals surface area contributed by atoms with Crippen molar-refractivity contribution in [2.45, 2.75) is 20.3 Å². The van der Waals surface area contributed by atoms with Gasteiger partial charge in [-0.05, 0) is 37.1 Å². The highest BCUT2D eigenvalue weighted by Gasteiger charge is 2.09. The van der Waals surface area contributed by atoms with Crippen LogP contribution in [0.15, 0.2) is 52.8 Å². The van der Waals surface area contributed by atoms with E-state index in [0.717, 1.165) is 23.4 Å². The lowest BCUT2D eigenvalue weighted by atomic mass is 10.1. The minimum atomic E-state index is -0.328. The summed E-state index contributed by atoms with van der Waals surface area (Å²) < 4.78 is 15.0. The molecule has 106 valence electrons. The molecule has 0 radical (unpaired) electrons. The number of pyridine rings is 1. The molecule has 0 amide bonds.